The van der Waals surface area contributed by atoms with Crippen molar-refractivity contribution in [1.29, 1.82) is 0 Å². The van der Waals surface area contributed by atoms with Gasteiger partial charge >= 0.3 is 5.69 Å². The second kappa shape index (κ2) is 4.01. The Hall–Kier alpha value is -1.69. The van der Waals surface area contributed by atoms with Gasteiger partial charge in [0.2, 0.25) is 5.82 Å². The van der Waals surface area contributed by atoms with E-state index in [2.05, 4.69) is 0 Å². The minimum Gasteiger partial charge on any atom is -0.496 e. The van der Waals surface area contributed by atoms with Gasteiger partial charge in [-0.15, -0.1) is 0 Å². The summed E-state index contributed by atoms with van der Waals surface area (Å²) in [6.07, 6.45) is 0. The van der Waals surface area contributed by atoms with Crippen LogP contribution >= 0.6 is 0 Å². The van der Waals surface area contributed by atoms with Gasteiger partial charge < -0.3 is 9.84 Å². The molecule has 76 valence electrons. The molecule has 1 aromatic rings. The summed E-state index contributed by atoms with van der Waals surface area (Å²) in [4.78, 5) is 9.49. The van der Waals surface area contributed by atoms with E-state index in [4.69, 9.17) is 9.84 Å². The summed E-state index contributed by atoms with van der Waals surface area (Å²) in [7, 11) is 1.29. The lowest BCUT2D eigenvalue weighted by Gasteiger charge is -2.05. The fourth-order valence-corrected chi connectivity index (χ4v) is 1.04. The Morgan fingerprint density at radius 2 is 2.29 bits per heavy atom. The highest BCUT2D eigenvalue weighted by molar-refractivity contribution is 5.45. The van der Waals surface area contributed by atoms with Crippen LogP contribution in [0.15, 0.2) is 12.1 Å². The van der Waals surface area contributed by atoms with Crippen LogP contribution in [0.4, 0.5) is 10.1 Å². The van der Waals surface area contributed by atoms with E-state index in [-0.39, 0.29) is 11.3 Å². The molecule has 0 saturated heterocycles. The van der Waals surface area contributed by atoms with Crippen LogP contribution in [0.1, 0.15) is 5.56 Å². The quantitative estimate of drug-likeness (QED) is 0.589. The van der Waals surface area contributed by atoms with Crippen LogP contribution in [0.2, 0.25) is 0 Å². The van der Waals surface area contributed by atoms with Crippen molar-refractivity contribution in [2.24, 2.45) is 0 Å². The summed E-state index contributed by atoms with van der Waals surface area (Å²) in [5, 5.41) is 19.1. The number of ether oxygens (including phenoxy) is 1. The van der Waals surface area contributed by atoms with Crippen molar-refractivity contribution >= 4 is 5.69 Å². The summed E-state index contributed by atoms with van der Waals surface area (Å²) < 4.78 is 17.7. The highest BCUT2D eigenvalue weighted by atomic mass is 19.1. The fourth-order valence-electron chi connectivity index (χ4n) is 1.04. The van der Waals surface area contributed by atoms with Gasteiger partial charge in [0, 0.05) is 5.56 Å². The van der Waals surface area contributed by atoms with Gasteiger partial charge in [-0.25, -0.2) is 0 Å². The zero-order valence-corrected chi connectivity index (χ0v) is 7.36. The number of aliphatic hydroxyl groups is 1. The number of nitro benzene ring substituents is 1. The van der Waals surface area contributed by atoms with E-state index in [9.17, 15) is 14.5 Å². The second-order valence-corrected chi connectivity index (χ2v) is 2.53. The Bertz CT molecular complexity index is 367. The fraction of sp³-hybridized carbons (Fsp3) is 0.250. The summed E-state index contributed by atoms with van der Waals surface area (Å²) >= 11 is 0. The Morgan fingerprint density at radius 3 is 2.71 bits per heavy atom. The van der Waals surface area contributed by atoms with Crippen molar-refractivity contribution in [1.82, 2.24) is 0 Å². The van der Waals surface area contributed by atoms with Crippen LogP contribution in [-0.2, 0) is 6.61 Å². The molecular formula is C8H8FNO4. The molecule has 0 spiro atoms. The average Bonchev–Trinajstić information content (AvgIpc) is 2.16. The van der Waals surface area contributed by atoms with Crippen LogP contribution in [0.25, 0.3) is 0 Å². The molecule has 0 amide bonds. The van der Waals surface area contributed by atoms with Crippen molar-refractivity contribution in [3.8, 4) is 5.75 Å². The summed E-state index contributed by atoms with van der Waals surface area (Å²) in [5.74, 6) is -0.888. The van der Waals surface area contributed by atoms with Crippen LogP contribution < -0.4 is 4.74 Å². The van der Waals surface area contributed by atoms with Crippen molar-refractivity contribution in [3.05, 3.63) is 33.6 Å². The number of aliphatic hydroxyl groups excluding tert-OH is 1. The average molecular weight is 201 g/mol. The predicted octanol–water partition coefficient (Wildman–Crippen LogP) is 1.23. The summed E-state index contributed by atoms with van der Waals surface area (Å²) in [5.41, 5.74) is -0.491. The largest absolute Gasteiger partial charge is 0.496 e. The minimum atomic E-state index is -0.986. The van der Waals surface area contributed by atoms with Crippen LogP contribution in [-0.4, -0.2) is 17.1 Å². The number of halogens is 1. The highest BCUT2D eigenvalue weighted by Crippen LogP contribution is 2.27. The Kier molecular flexibility index (Phi) is 2.98. The molecule has 0 bridgehead atoms. The molecule has 0 aliphatic rings. The molecule has 6 heteroatoms. The molecule has 0 fully saturated rings. The maximum Gasteiger partial charge on any atom is 0.308 e. The van der Waals surface area contributed by atoms with Gasteiger partial charge in [-0.1, -0.05) is 0 Å². The van der Waals surface area contributed by atoms with E-state index < -0.39 is 23.0 Å². The molecule has 0 atom stereocenters. The topological polar surface area (TPSA) is 72.6 Å². The first kappa shape index (κ1) is 10.4. The Morgan fingerprint density at radius 1 is 1.64 bits per heavy atom. The van der Waals surface area contributed by atoms with Crippen molar-refractivity contribution in [3.63, 3.8) is 0 Å². The normalized spacial score (nSPS) is 9.93. The first-order chi connectivity index (χ1) is 6.60. The third-order valence-corrected chi connectivity index (χ3v) is 1.72. The maximum atomic E-state index is 13.0. The van der Waals surface area contributed by atoms with Gasteiger partial charge in [-0.05, 0) is 6.07 Å². The minimum absolute atomic E-state index is 0.0978. The van der Waals surface area contributed by atoms with E-state index >= 15 is 0 Å². The molecule has 5 nitrogen and oxygen atoms in total. The van der Waals surface area contributed by atoms with E-state index in [0.29, 0.717) is 0 Å². The molecule has 0 heterocycles. The number of hydrogen-bond donors (Lipinski definition) is 1. The molecule has 14 heavy (non-hydrogen) atoms. The van der Waals surface area contributed by atoms with E-state index in [0.717, 1.165) is 12.1 Å². The third-order valence-electron chi connectivity index (χ3n) is 1.72. The van der Waals surface area contributed by atoms with Crippen molar-refractivity contribution < 1.29 is 19.2 Å². The number of hydrogen-bond acceptors (Lipinski definition) is 4. The number of nitrogens with zero attached hydrogens (tertiary/aromatic N) is 1. The van der Waals surface area contributed by atoms with Gasteiger partial charge in [0.05, 0.1) is 24.7 Å². The van der Waals surface area contributed by atoms with Crippen LogP contribution in [0, 0.1) is 15.9 Å². The lowest BCUT2D eigenvalue weighted by atomic mass is 10.2. The van der Waals surface area contributed by atoms with Gasteiger partial charge in [0.25, 0.3) is 0 Å². The number of rotatable bonds is 3. The van der Waals surface area contributed by atoms with E-state index in [1.54, 1.807) is 0 Å². The zero-order valence-electron chi connectivity index (χ0n) is 7.36. The maximum absolute atomic E-state index is 13.0. The first-order valence-electron chi connectivity index (χ1n) is 3.71. The number of benzene rings is 1. The van der Waals surface area contributed by atoms with Gasteiger partial charge in [0.1, 0.15) is 5.75 Å². The van der Waals surface area contributed by atoms with Crippen molar-refractivity contribution in [2.45, 2.75) is 6.61 Å². The van der Waals surface area contributed by atoms with E-state index in [1.807, 2.05) is 0 Å². The molecule has 0 aliphatic heterocycles. The van der Waals surface area contributed by atoms with E-state index in [1.165, 1.54) is 7.11 Å². The Balaban J connectivity index is 3.30. The molecule has 0 radical (unpaired) electrons. The monoisotopic (exact) mass is 201 g/mol. The second-order valence-electron chi connectivity index (χ2n) is 2.53. The molecule has 0 aliphatic carbocycles. The molecule has 0 aromatic heterocycles. The SMILES string of the molecule is COc1cc([N+](=O)[O-])c(F)cc1CO. The van der Waals surface area contributed by atoms with Gasteiger partial charge in [-0.3, -0.25) is 10.1 Å². The van der Waals surface area contributed by atoms with Crippen LogP contribution in [0.5, 0.6) is 5.75 Å². The Labute approximate surface area is 78.9 Å². The zero-order chi connectivity index (χ0) is 10.7. The lowest BCUT2D eigenvalue weighted by molar-refractivity contribution is -0.387. The summed E-state index contributed by atoms with van der Waals surface area (Å²) in [6, 6.07) is 1.83. The standard InChI is InChI=1S/C8H8FNO4/c1-14-8-3-7(10(12)13)6(9)2-5(8)4-11/h2-3,11H,4H2,1H3. The van der Waals surface area contributed by atoms with Crippen molar-refractivity contribution in [2.75, 3.05) is 7.11 Å². The van der Waals surface area contributed by atoms with Gasteiger partial charge in [0.15, 0.2) is 0 Å². The molecule has 0 unspecified atom stereocenters. The van der Waals surface area contributed by atoms with Gasteiger partial charge in [-0.2, -0.15) is 4.39 Å². The number of methoxy groups -OCH3 is 1. The highest BCUT2D eigenvalue weighted by Gasteiger charge is 2.18. The predicted molar refractivity (Wildman–Crippen MR) is 45.5 cm³/mol. The molecule has 1 rings (SSSR count). The first-order valence-corrected chi connectivity index (χ1v) is 3.71. The molecule has 1 N–H and O–H groups in total. The molecule has 0 saturated carbocycles. The van der Waals surface area contributed by atoms with Crippen LogP contribution in [0.3, 0.4) is 0 Å². The molecular weight excluding hydrogens is 193 g/mol. The molecule has 1 aromatic carbocycles. The lowest BCUT2D eigenvalue weighted by Crippen LogP contribution is -1.98. The summed E-state index contributed by atoms with van der Waals surface area (Å²) in [6.45, 7) is -0.432. The smallest absolute Gasteiger partial charge is 0.308 e. The number of nitro groups is 1. The third kappa shape index (κ3) is 1.80.